The average molecular weight is 154 g/mol. The smallest absolute Gasteiger partial charge is 0.334 e. The summed E-state index contributed by atoms with van der Waals surface area (Å²) in [5.74, 6) is 0.418. The summed E-state index contributed by atoms with van der Waals surface area (Å²) < 4.78 is 4.87. The van der Waals surface area contributed by atoms with Crippen LogP contribution in [0, 0.1) is 5.92 Å². The van der Waals surface area contributed by atoms with Gasteiger partial charge in [0.05, 0.1) is 0 Å². The van der Waals surface area contributed by atoms with Crippen molar-refractivity contribution in [2.24, 2.45) is 5.92 Å². The Morgan fingerprint density at radius 3 is 2.55 bits per heavy atom. The van der Waals surface area contributed by atoms with Crippen LogP contribution in [-0.2, 0) is 9.53 Å². The SMILES string of the molecule is CC1=C(CC(C)C)C(=O)OC1. The molecule has 1 aliphatic rings. The molecule has 0 saturated heterocycles. The minimum absolute atomic E-state index is 0.115. The highest BCUT2D eigenvalue weighted by atomic mass is 16.5. The summed E-state index contributed by atoms with van der Waals surface area (Å²) in [7, 11) is 0. The van der Waals surface area contributed by atoms with Crippen LogP contribution in [0.1, 0.15) is 27.2 Å². The molecule has 0 aromatic rings. The molecular formula is C9H14O2. The van der Waals surface area contributed by atoms with E-state index in [-0.39, 0.29) is 5.97 Å². The van der Waals surface area contributed by atoms with Gasteiger partial charge in [-0.1, -0.05) is 13.8 Å². The largest absolute Gasteiger partial charge is 0.458 e. The van der Waals surface area contributed by atoms with E-state index in [4.69, 9.17) is 4.74 Å². The highest BCUT2D eigenvalue weighted by molar-refractivity contribution is 5.91. The van der Waals surface area contributed by atoms with Crippen LogP contribution in [0.2, 0.25) is 0 Å². The number of hydrogen-bond acceptors (Lipinski definition) is 2. The van der Waals surface area contributed by atoms with Crippen LogP contribution in [0.3, 0.4) is 0 Å². The first-order valence-corrected chi connectivity index (χ1v) is 3.97. The van der Waals surface area contributed by atoms with Crippen molar-refractivity contribution in [1.82, 2.24) is 0 Å². The standard InChI is InChI=1S/C9H14O2/c1-6(2)4-8-7(3)5-11-9(8)10/h6H,4-5H2,1-3H3. The molecule has 0 N–H and O–H groups in total. The molecule has 0 bridgehead atoms. The molecule has 0 aromatic heterocycles. The van der Waals surface area contributed by atoms with Crippen molar-refractivity contribution in [3.05, 3.63) is 11.1 Å². The molecule has 0 radical (unpaired) electrons. The molecule has 11 heavy (non-hydrogen) atoms. The number of ether oxygens (including phenoxy) is 1. The molecule has 1 aliphatic heterocycles. The van der Waals surface area contributed by atoms with Crippen molar-refractivity contribution in [3.63, 3.8) is 0 Å². The van der Waals surface area contributed by atoms with Crippen molar-refractivity contribution in [2.75, 3.05) is 6.61 Å². The lowest BCUT2D eigenvalue weighted by Gasteiger charge is -2.02. The molecule has 0 aromatic carbocycles. The Kier molecular flexibility index (Phi) is 2.32. The van der Waals surface area contributed by atoms with Gasteiger partial charge in [-0.25, -0.2) is 4.79 Å². The van der Waals surface area contributed by atoms with Gasteiger partial charge in [0.1, 0.15) is 6.61 Å². The first-order valence-electron chi connectivity index (χ1n) is 3.97. The Bertz CT molecular complexity index is 202. The lowest BCUT2D eigenvalue weighted by molar-refractivity contribution is -0.136. The first kappa shape index (κ1) is 8.31. The van der Waals surface area contributed by atoms with Gasteiger partial charge >= 0.3 is 5.97 Å². The first-order chi connectivity index (χ1) is 5.11. The van der Waals surface area contributed by atoms with Crippen LogP contribution in [0.15, 0.2) is 11.1 Å². The minimum Gasteiger partial charge on any atom is -0.458 e. The Hall–Kier alpha value is -0.790. The Morgan fingerprint density at radius 1 is 1.55 bits per heavy atom. The van der Waals surface area contributed by atoms with E-state index in [2.05, 4.69) is 13.8 Å². The van der Waals surface area contributed by atoms with Crippen LogP contribution in [-0.4, -0.2) is 12.6 Å². The van der Waals surface area contributed by atoms with Crippen LogP contribution >= 0.6 is 0 Å². The van der Waals surface area contributed by atoms with Crippen molar-refractivity contribution in [3.8, 4) is 0 Å². The van der Waals surface area contributed by atoms with Crippen molar-refractivity contribution in [1.29, 1.82) is 0 Å². The maximum absolute atomic E-state index is 11.0. The van der Waals surface area contributed by atoms with Gasteiger partial charge in [-0.2, -0.15) is 0 Å². The van der Waals surface area contributed by atoms with E-state index in [0.29, 0.717) is 12.5 Å². The highest BCUT2D eigenvalue weighted by Gasteiger charge is 2.21. The predicted octanol–water partition coefficient (Wildman–Crippen LogP) is 1.91. The predicted molar refractivity (Wildman–Crippen MR) is 43.1 cm³/mol. The van der Waals surface area contributed by atoms with Crippen molar-refractivity contribution < 1.29 is 9.53 Å². The molecule has 0 aliphatic carbocycles. The number of hydrogen-bond donors (Lipinski definition) is 0. The van der Waals surface area contributed by atoms with Crippen molar-refractivity contribution >= 4 is 5.97 Å². The third-order valence-corrected chi connectivity index (χ3v) is 1.79. The van der Waals surface area contributed by atoms with E-state index in [1.807, 2.05) is 6.92 Å². The number of cyclic esters (lactones) is 1. The summed E-state index contributed by atoms with van der Waals surface area (Å²) in [6.07, 6.45) is 0.852. The van der Waals surface area contributed by atoms with Crippen LogP contribution in [0.25, 0.3) is 0 Å². The molecule has 0 saturated carbocycles. The summed E-state index contributed by atoms with van der Waals surface area (Å²) in [5.41, 5.74) is 1.99. The van der Waals surface area contributed by atoms with Crippen LogP contribution in [0.4, 0.5) is 0 Å². The number of rotatable bonds is 2. The molecule has 0 fully saturated rings. The zero-order chi connectivity index (χ0) is 8.43. The monoisotopic (exact) mass is 154 g/mol. The summed E-state index contributed by atoms with van der Waals surface area (Å²) in [6.45, 7) is 6.67. The maximum Gasteiger partial charge on any atom is 0.334 e. The van der Waals surface area contributed by atoms with Gasteiger partial charge in [0.25, 0.3) is 0 Å². The lowest BCUT2D eigenvalue weighted by atomic mass is 10.0. The van der Waals surface area contributed by atoms with E-state index in [9.17, 15) is 4.79 Å². The van der Waals surface area contributed by atoms with E-state index in [1.54, 1.807) is 0 Å². The van der Waals surface area contributed by atoms with Gasteiger partial charge < -0.3 is 4.74 Å². The van der Waals surface area contributed by atoms with E-state index < -0.39 is 0 Å². The van der Waals surface area contributed by atoms with Crippen LogP contribution < -0.4 is 0 Å². The number of esters is 1. The van der Waals surface area contributed by atoms with Gasteiger partial charge in [-0.05, 0) is 24.8 Å². The lowest BCUT2D eigenvalue weighted by Crippen LogP contribution is -2.02. The van der Waals surface area contributed by atoms with Crippen molar-refractivity contribution in [2.45, 2.75) is 27.2 Å². The molecule has 0 unspecified atom stereocenters. The van der Waals surface area contributed by atoms with E-state index in [0.717, 1.165) is 17.6 Å². The second-order valence-electron chi connectivity index (χ2n) is 3.43. The number of carbonyl (C=O) groups is 1. The molecule has 1 rings (SSSR count). The Morgan fingerprint density at radius 2 is 2.18 bits per heavy atom. The third kappa shape index (κ3) is 1.82. The molecule has 0 spiro atoms. The zero-order valence-corrected chi connectivity index (χ0v) is 7.31. The molecule has 62 valence electrons. The summed E-state index contributed by atoms with van der Waals surface area (Å²) in [4.78, 5) is 11.0. The Labute approximate surface area is 67.2 Å². The van der Waals surface area contributed by atoms with Gasteiger partial charge in [-0.15, -0.1) is 0 Å². The highest BCUT2D eigenvalue weighted by Crippen LogP contribution is 2.21. The van der Waals surface area contributed by atoms with Crippen LogP contribution in [0.5, 0.6) is 0 Å². The fourth-order valence-corrected chi connectivity index (χ4v) is 1.19. The van der Waals surface area contributed by atoms with Gasteiger partial charge in [0, 0.05) is 5.57 Å². The molecule has 2 heteroatoms. The summed E-state index contributed by atoms with van der Waals surface area (Å²) >= 11 is 0. The second-order valence-corrected chi connectivity index (χ2v) is 3.43. The van der Waals surface area contributed by atoms with Gasteiger partial charge in [0.15, 0.2) is 0 Å². The number of carbonyl (C=O) groups excluding carboxylic acids is 1. The zero-order valence-electron chi connectivity index (χ0n) is 7.31. The minimum atomic E-state index is -0.115. The molecule has 2 nitrogen and oxygen atoms in total. The maximum atomic E-state index is 11.0. The van der Waals surface area contributed by atoms with Gasteiger partial charge in [-0.3, -0.25) is 0 Å². The summed E-state index contributed by atoms with van der Waals surface area (Å²) in [6, 6.07) is 0. The Balaban J connectivity index is 2.67. The molecule has 0 atom stereocenters. The quantitative estimate of drug-likeness (QED) is 0.568. The third-order valence-electron chi connectivity index (χ3n) is 1.79. The second kappa shape index (κ2) is 3.07. The molecular weight excluding hydrogens is 140 g/mol. The average Bonchev–Trinajstić information content (AvgIpc) is 2.18. The molecule has 1 heterocycles. The fraction of sp³-hybridized carbons (Fsp3) is 0.667. The normalized spacial score (nSPS) is 18.0. The summed E-state index contributed by atoms with van der Waals surface area (Å²) in [5, 5.41) is 0. The van der Waals surface area contributed by atoms with Gasteiger partial charge in [0.2, 0.25) is 0 Å². The molecule has 0 amide bonds. The van der Waals surface area contributed by atoms with E-state index >= 15 is 0 Å². The topological polar surface area (TPSA) is 26.3 Å². The fourth-order valence-electron chi connectivity index (χ4n) is 1.19. The van der Waals surface area contributed by atoms with E-state index in [1.165, 1.54) is 0 Å².